The van der Waals surface area contributed by atoms with Crippen LogP contribution in [-0.2, 0) is 16.1 Å². The number of ether oxygens (including phenoxy) is 2. The standard InChI is InChI=1S/C22H20N2O4/c1-3-28-22(26)21-13-20(17-9-11-19(27-2)12-10-17)23-24(21)14-18(15-25)16-7-5-4-6-8-16/h4-13H,3,14H2,1-2H3. The van der Waals surface area contributed by atoms with Crippen molar-refractivity contribution in [1.82, 2.24) is 9.78 Å². The van der Waals surface area contributed by atoms with Crippen LogP contribution in [0.1, 0.15) is 23.0 Å². The van der Waals surface area contributed by atoms with Crippen LogP contribution in [0.4, 0.5) is 0 Å². The number of allylic oxidation sites excluding steroid dienone is 1. The van der Waals surface area contributed by atoms with E-state index in [0.29, 0.717) is 11.3 Å². The first kappa shape index (κ1) is 19.1. The van der Waals surface area contributed by atoms with Gasteiger partial charge in [-0.1, -0.05) is 30.3 Å². The summed E-state index contributed by atoms with van der Waals surface area (Å²) < 4.78 is 11.8. The second kappa shape index (κ2) is 8.84. The topological polar surface area (TPSA) is 70.4 Å². The number of esters is 1. The predicted molar refractivity (Wildman–Crippen MR) is 106 cm³/mol. The summed E-state index contributed by atoms with van der Waals surface area (Å²) in [5.74, 6) is 2.20. The van der Waals surface area contributed by atoms with Crippen molar-refractivity contribution < 1.29 is 19.1 Å². The van der Waals surface area contributed by atoms with Gasteiger partial charge in [0.1, 0.15) is 17.4 Å². The third-order valence-electron chi connectivity index (χ3n) is 4.20. The molecular formula is C22H20N2O4. The fourth-order valence-electron chi connectivity index (χ4n) is 2.78. The third-order valence-corrected chi connectivity index (χ3v) is 4.20. The normalized spacial score (nSPS) is 10.2. The van der Waals surface area contributed by atoms with Crippen LogP contribution in [0, 0.1) is 0 Å². The third kappa shape index (κ3) is 4.19. The molecule has 0 bridgehead atoms. The number of nitrogens with zero attached hydrogens (tertiary/aromatic N) is 2. The van der Waals surface area contributed by atoms with E-state index < -0.39 is 5.97 Å². The van der Waals surface area contributed by atoms with Gasteiger partial charge >= 0.3 is 5.97 Å². The van der Waals surface area contributed by atoms with Gasteiger partial charge in [0.2, 0.25) is 0 Å². The molecule has 142 valence electrons. The van der Waals surface area contributed by atoms with E-state index in [0.717, 1.165) is 16.9 Å². The summed E-state index contributed by atoms with van der Waals surface area (Å²) in [7, 11) is 1.60. The van der Waals surface area contributed by atoms with Gasteiger partial charge in [0.25, 0.3) is 0 Å². The van der Waals surface area contributed by atoms with Crippen LogP contribution in [0.15, 0.2) is 60.7 Å². The lowest BCUT2D eigenvalue weighted by atomic mass is 10.1. The van der Waals surface area contributed by atoms with Gasteiger partial charge in [-0.2, -0.15) is 5.10 Å². The molecule has 0 radical (unpaired) electrons. The minimum atomic E-state index is -0.493. The van der Waals surface area contributed by atoms with E-state index in [1.54, 1.807) is 20.1 Å². The van der Waals surface area contributed by atoms with Crippen molar-refractivity contribution in [2.24, 2.45) is 0 Å². The molecule has 0 fully saturated rings. The summed E-state index contributed by atoms with van der Waals surface area (Å²) in [4.78, 5) is 23.9. The highest BCUT2D eigenvalue weighted by atomic mass is 16.5. The minimum Gasteiger partial charge on any atom is -0.497 e. The number of rotatable bonds is 7. The SMILES string of the molecule is CCOC(=O)c1cc(-c2ccc(OC)cc2)nn1CC(=C=O)c1ccccc1. The lowest BCUT2D eigenvalue weighted by Gasteiger charge is -2.08. The predicted octanol–water partition coefficient (Wildman–Crippen LogP) is 3.65. The summed E-state index contributed by atoms with van der Waals surface area (Å²) in [5.41, 5.74) is 2.83. The monoisotopic (exact) mass is 376 g/mol. The van der Waals surface area contributed by atoms with E-state index in [9.17, 15) is 9.59 Å². The molecule has 0 N–H and O–H groups in total. The van der Waals surface area contributed by atoms with Crippen LogP contribution in [0.3, 0.4) is 0 Å². The summed E-state index contributed by atoms with van der Waals surface area (Å²) in [6, 6.07) is 18.2. The lowest BCUT2D eigenvalue weighted by Crippen LogP contribution is -2.14. The van der Waals surface area contributed by atoms with E-state index in [-0.39, 0.29) is 18.8 Å². The number of carbonyl (C=O) groups excluding carboxylic acids is 2. The number of benzene rings is 2. The Morgan fingerprint density at radius 2 is 1.82 bits per heavy atom. The minimum absolute atomic E-state index is 0.109. The van der Waals surface area contributed by atoms with E-state index in [4.69, 9.17) is 9.47 Å². The van der Waals surface area contributed by atoms with Gasteiger partial charge in [0, 0.05) is 5.56 Å². The number of methoxy groups -OCH3 is 1. The molecule has 0 aliphatic heterocycles. The fraction of sp³-hybridized carbons (Fsp3) is 0.182. The van der Waals surface area contributed by atoms with Crippen molar-refractivity contribution in [2.45, 2.75) is 13.5 Å². The number of hydrogen-bond acceptors (Lipinski definition) is 5. The maximum absolute atomic E-state index is 12.4. The van der Waals surface area contributed by atoms with Crippen LogP contribution in [-0.4, -0.2) is 35.4 Å². The van der Waals surface area contributed by atoms with Crippen LogP contribution < -0.4 is 4.74 Å². The van der Waals surface area contributed by atoms with Gasteiger partial charge in [0.05, 0.1) is 31.5 Å². The van der Waals surface area contributed by atoms with Crippen LogP contribution in [0.2, 0.25) is 0 Å². The zero-order chi connectivity index (χ0) is 19.9. The zero-order valence-electron chi connectivity index (χ0n) is 15.7. The summed E-state index contributed by atoms with van der Waals surface area (Å²) >= 11 is 0. The van der Waals surface area contributed by atoms with E-state index in [2.05, 4.69) is 5.10 Å². The van der Waals surface area contributed by atoms with Crippen molar-refractivity contribution in [2.75, 3.05) is 13.7 Å². The highest BCUT2D eigenvalue weighted by Gasteiger charge is 2.19. The Kier molecular flexibility index (Phi) is 6.04. The van der Waals surface area contributed by atoms with Crippen molar-refractivity contribution in [3.05, 3.63) is 71.9 Å². The molecule has 2 aromatic carbocycles. The first-order valence-corrected chi connectivity index (χ1v) is 8.85. The van der Waals surface area contributed by atoms with E-state index >= 15 is 0 Å². The van der Waals surface area contributed by atoms with Crippen molar-refractivity contribution in [3.8, 4) is 17.0 Å². The van der Waals surface area contributed by atoms with Gasteiger partial charge in [-0.15, -0.1) is 0 Å². The highest BCUT2D eigenvalue weighted by molar-refractivity contribution is 5.91. The molecule has 0 aliphatic rings. The van der Waals surface area contributed by atoms with E-state index in [1.807, 2.05) is 60.5 Å². The molecule has 1 aromatic heterocycles. The van der Waals surface area contributed by atoms with Crippen molar-refractivity contribution in [1.29, 1.82) is 0 Å². The van der Waals surface area contributed by atoms with Gasteiger partial charge in [-0.05, 0) is 42.8 Å². The number of carbonyl (C=O) groups is 1. The largest absolute Gasteiger partial charge is 0.497 e. The lowest BCUT2D eigenvalue weighted by molar-refractivity contribution is 0.0513. The molecule has 3 rings (SSSR count). The highest BCUT2D eigenvalue weighted by Crippen LogP contribution is 2.24. The zero-order valence-corrected chi connectivity index (χ0v) is 15.7. The molecule has 6 nitrogen and oxygen atoms in total. The second-order valence-electron chi connectivity index (χ2n) is 5.97. The summed E-state index contributed by atoms with van der Waals surface area (Å²) in [6.45, 7) is 2.10. The van der Waals surface area contributed by atoms with Gasteiger partial charge in [0.15, 0.2) is 0 Å². The Morgan fingerprint density at radius 1 is 1.11 bits per heavy atom. The molecule has 0 amide bonds. The Labute approximate surface area is 163 Å². The Morgan fingerprint density at radius 3 is 2.43 bits per heavy atom. The van der Waals surface area contributed by atoms with E-state index in [1.165, 1.54) is 4.68 Å². The van der Waals surface area contributed by atoms with Crippen molar-refractivity contribution >= 4 is 17.5 Å². The molecule has 1 heterocycles. The van der Waals surface area contributed by atoms with Gasteiger partial charge in [-0.25, -0.2) is 9.59 Å². The van der Waals surface area contributed by atoms with Crippen LogP contribution in [0.25, 0.3) is 16.8 Å². The van der Waals surface area contributed by atoms with Crippen LogP contribution in [0.5, 0.6) is 5.75 Å². The maximum atomic E-state index is 12.4. The number of hydrogen-bond donors (Lipinski definition) is 0. The molecular weight excluding hydrogens is 356 g/mol. The molecule has 28 heavy (non-hydrogen) atoms. The Bertz CT molecular complexity index is 1000. The summed E-state index contributed by atoms with van der Waals surface area (Å²) in [5, 5.41) is 4.53. The Balaban J connectivity index is 1.99. The van der Waals surface area contributed by atoms with Crippen LogP contribution >= 0.6 is 0 Å². The van der Waals surface area contributed by atoms with Gasteiger partial charge in [-0.3, -0.25) is 4.68 Å². The first-order valence-electron chi connectivity index (χ1n) is 8.85. The summed E-state index contributed by atoms with van der Waals surface area (Å²) in [6.07, 6.45) is 0. The smallest absolute Gasteiger partial charge is 0.356 e. The molecule has 6 heteroatoms. The molecule has 0 saturated heterocycles. The average molecular weight is 376 g/mol. The quantitative estimate of drug-likeness (QED) is 0.465. The molecule has 0 aliphatic carbocycles. The first-order chi connectivity index (χ1) is 13.7. The molecule has 0 atom stereocenters. The molecule has 0 saturated carbocycles. The molecule has 0 spiro atoms. The molecule has 0 unspecified atom stereocenters. The average Bonchev–Trinajstić information content (AvgIpc) is 3.17. The Hall–Kier alpha value is -3.63. The second-order valence-corrected chi connectivity index (χ2v) is 5.97. The van der Waals surface area contributed by atoms with Crippen molar-refractivity contribution in [3.63, 3.8) is 0 Å². The fourth-order valence-corrected chi connectivity index (χ4v) is 2.78. The molecule has 3 aromatic rings. The van der Waals surface area contributed by atoms with Gasteiger partial charge < -0.3 is 9.47 Å². The maximum Gasteiger partial charge on any atom is 0.356 e. The number of aromatic nitrogens is 2.